The number of phenols is 1. The molecule has 4 nitrogen and oxygen atoms in total. The molecule has 2 unspecified atom stereocenters. The van der Waals surface area contributed by atoms with Gasteiger partial charge in [0.05, 0.1) is 5.75 Å². The fraction of sp³-hybridized carbons (Fsp3) is 0.300. The molecule has 0 radical (unpaired) electrons. The molecule has 0 aliphatic rings. The summed E-state index contributed by atoms with van der Waals surface area (Å²) >= 11 is -1.92. The van der Waals surface area contributed by atoms with Crippen molar-refractivity contribution in [3.63, 3.8) is 0 Å². The van der Waals surface area contributed by atoms with Crippen molar-refractivity contribution in [2.45, 2.75) is 12.3 Å². The zero-order valence-electron chi connectivity index (χ0n) is 8.00. The van der Waals surface area contributed by atoms with Crippen LogP contribution in [-0.2, 0) is 15.9 Å². The average molecular weight is 228 g/mol. The van der Waals surface area contributed by atoms with Crippen molar-refractivity contribution in [3.05, 3.63) is 29.8 Å². The van der Waals surface area contributed by atoms with Gasteiger partial charge in [0.2, 0.25) is 0 Å². The third-order valence-electron chi connectivity index (χ3n) is 2.09. The molecule has 0 aromatic heterocycles. The molecule has 0 fully saturated rings. The second kappa shape index (κ2) is 5.63. The van der Waals surface area contributed by atoms with E-state index in [9.17, 15) is 9.00 Å². The van der Waals surface area contributed by atoms with Crippen LogP contribution in [-0.4, -0.2) is 25.9 Å². The van der Waals surface area contributed by atoms with E-state index in [0.29, 0.717) is 0 Å². The molecule has 0 saturated heterocycles. The molecule has 5 heteroatoms. The van der Waals surface area contributed by atoms with E-state index in [4.69, 9.17) is 9.66 Å². The maximum atomic E-state index is 10.7. The first-order chi connectivity index (χ1) is 7.13. The van der Waals surface area contributed by atoms with Gasteiger partial charge in [-0.2, -0.15) is 0 Å². The Morgan fingerprint density at radius 1 is 1.33 bits per heavy atom. The van der Waals surface area contributed by atoms with Gasteiger partial charge < -0.3 is 14.5 Å². The summed E-state index contributed by atoms with van der Waals surface area (Å²) in [6.07, 6.45) is 0.932. The third kappa shape index (κ3) is 3.81. The minimum absolute atomic E-state index is 0.0313. The number of carbonyl (C=O) groups is 1. The van der Waals surface area contributed by atoms with Gasteiger partial charge in [-0.05, 0) is 17.7 Å². The highest BCUT2D eigenvalue weighted by molar-refractivity contribution is 7.79. The molecule has 1 rings (SSSR count). The van der Waals surface area contributed by atoms with Crippen LogP contribution in [0.5, 0.6) is 5.75 Å². The van der Waals surface area contributed by atoms with Gasteiger partial charge in [-0.25, -0.2) is 4.21 Å². The van der Waals surface area contributed by atoms with E-state index in [1.54, 1.807) is 12.1 Å². The lowest BCUT2D eigenvalue weighted by Gasteiger charge is -2.12. The van der Waals surface area contributed by atoms with E-state index in [1.807, 2.05) is 0 Å². The summed E-state index contributed by atoms with van der Waals surface area (Å²) in [4.78, 5) is 10.4. The zero-order chi connectivity index (χ0) is 11.3. The fourth-order valence-corrected chi connectivity index (χ4v) is 2.01. The molecule has 1 aromatic rings. The smallest absolute Gasteiger partial charge is 0.153 e. The first-order valence-electron chi connectivity index (χ1n) is 4.43. The second-order valence-corrected chi connectivity index (χ2v) is 4.16. The van der Waals surface area contributed by atoms with Crippen LogP contribution in [0.3, 0.4) is 0 Å². The largest absolute Gasteiger partial charge is 0.508 e. The normalized spacial score (nSPS) is 14.5. The molecule has 0 aliphatic carbocycles. The number of aromatic hydroxyl groups is 1. The Labute approximate surface area is 90.2 Å². The first kappa shape index (κ1) is 11.9. The summed E-state index contributed by atoms with van der Waals surface area (Å²) in [7, 11) is 0. The SMILES string of the molecule is O=CCC(CS(=O)O)c1ccc(O)cc1. The molecular weight excluding hydrogens is 216 g/mol. The van der Waals surface area contributed by atoms with Gasteiger partial charge in [0, 0.05) is 12.3 Å². The summed E-state index contributed by atoms with van der Waals surface area (Å²) in [5.41, 5.74) is 0.780. The predicted octanol–water partition coefficient (Wildman–Crippen LogP) is 1.29. The number of carbonyl (C=O) groups excluding carboxylic acids is 1. The van der Waals surface area contributed by atoms with Crippen molar-refractivity contribution in [3.8, 4) is 5.75 Å². The van der Waals surface area contributed by atoms with Crippen LogP contribution in [0, 0.1) is 0 Å². The molecule has 2 N–H and O–H groups in total. The van der Waals surface area contributed by atoms with Gasteiger partial charge >= 0.3 is 0 Å². The summed E-state index contributed by atoms with van der Waals surface area (Å²) in [6.45, 7) is 0. The number of benzene rings is 1. The topological polar surface area (TPSA) is 74.6 Å². The number of phenolic OH excluding ortho intramolecular Hbond substituents is 1. The fourth-order valence-electron chi connectivity index (χ4n) is 1.34. The van der Waals surface area contributed by atoms with Gasteiger partial charge in [-0.1, -0.05) is 12.1 Å². The number of aldehydes is 1. The maximum absolute atomic E-state index is 10.7. The van der Waals surface area contributed by atoms with Crippen molar-refractivity contribution < 1.29 is 18.7 Å². The highest BCUT2D eigenvalue weighted by Crippen LogP contribution is 2.21. The van der Waals surface area contributed by atoms with E-state index in [2.05, 4.69) is 0 Å². The predicted molar refractivity (Wildman–Crippen MR) is 57.2 cm³/mol. The molecular formula is C10H12O4S. The monoisotopic (exact) mass is 228 g/mol. The minimum Gasteiger partial charge on any atom is -0.508 e. The maximum Gasteiger partial charge on any atom is 0.153 e. The van der Waals surface area contributed by atoms with Crippen LogP contribution in [0.15, 0.2) is 24.3 Å². The Kier molecular flexibility index (Phi) is 4.45. The van der Waals surface area contributed by atoms with Gasteiger partial charge in [0.15, 0.2) is 11.1 Å². The lowest BCUT2D eigenvalue weighted by Crippen LogP contribution is -2.09. The summed E-state index contributed by atoms with van der Waals surface area (Å²) in [6, 6.07) is 6.29. The van der Waals surface area contributed by atoms with Gasteiger partial charge in [0.25, 0.3) is 0 Å². The highest BCUT2D eigenvalue weighted by Gasteiger charge is 2.13. The van der Waals surface area contributed by atoms with Crippen LogP contribution >= 0.6 is 0 Å². The summed E-state index contributed by atoms with van der Waals surface area (Å²) in [5.74, 6) is -0.105. The van der Waals surface area contributed by atoms with Crippen LogP contribution in [0.1, 0.15) is 17.9 Å². The average Bonchev–Trinajstić information content (AvgIpc) is 2.17. The van der Waals surface area contributed by atoms with Crippen molar-refractivity contribution in [2.75, 3.05) is 5.75 Å². The minimum atomic E-state index is -1.92. The zero-order valence-corrected chi connectivity index (χ0v) is 8.81. The molecule has 82 valence electrons. The van der Waals surface area contributed by atoms with E-state index in [-0.39, 0.29) is 23.8 Å². The number of hydrogen-bond acceptors (Lipinski definition) is 3. The molecule has 1 aromatic carbocycles. The van der Waals surface area contributed by atoms with Crippen molar-refractivity contribution in [1.29, 1.82) is 0 Å². The molecule has 15 heavy (non-hydrogen) atoms. The molecule has 0 bridgehead atoms. The molecule has 0 saturated carbocycles. The Hall–Kier alpha value is -1.20. The van der Waals surface area contributed by atoms with E-state index >= 15 is 0 Å². The van der Waals surface area contributed by atoms with E-state index in [1.165, 1.54) is 12.1 Å². The molecule has 0 heterocycles. The highest BCUT2D eigenvalue weighted by atomic mass is 32.2. The third-order valence-corrected chi connectivity index (χ3v) is 2.78. The molecule has 0 amide bonds. The number of rotatable bonds is 5. The van der Waals surface area contributed by atoms with E-state index < -0.39 is 11.1 Å². The Morgan fingerprint density at radius 3 is 2.40 bits per heavy atom. The van der Waals surface area contributed by atoms with Gasteiger partial charge in [-0.15, -0.1) is 0 Å². The lowest BCUT2D eigenvalue weighted by atomic mass is 9.98. The van der Waals surface area contributed by atoms with Crippen LogP contribution < -0.4 is 0 Å². The van der Waals surface area contributed by atoms with Crippen LogP contribution in [0.25, 0.3) is 0 Å². The quantitative estimate of drug-likeness (QED) is 0.588. The van der Waals surface area contributed by atoms with Gasteiger partial charge in [0.1, 0.15) is 12.0 Å². The van der Waals surface area contributed by atoms with Crippen molar-refractivity contribution in [2.24, 2.45) is 0 Å². The molecule has 2 atom stereocenters. The van der Waals surface area contributed by atoms with Crippen molar-refractivity contribution in [1.82, 2.24) is 0 Å². The summed E-state index contributed by atoms with van der Waals surface area (Å²) in [5, 5.41) is 9.07. The Bertz CT molecular complexity index is 347. The van der Waals surface area contributed by atoms with E-state index in [0.717, 1.165) is 11.8 Å². The van der Waals surface area contributed by atoms with Gasteiger partial charge in [-0.3, -0.25) is 0 Å². The Balaban J connectivity index is 2.83. The molecule has 0 spiro atoms. The Morgan fingerprint density at radius 2 is 1.93 bits per heavy atom. The lowest BCUT2D eigenvalue weighted by molar-refractivity contribution is -0.108. The van der Waals surface area contributed by atoms with Crippen molar-refractivity contribution >= 4 is 17.4 Å². The van der Waals surface area contributed by atoms with Crippen LogP contribution in [0.4, 0.5) is 0 Å². The van der Waals surface area contributed by atoms with Crippen LogP contribution in [0.2, 0.25) is 0 Å². The summed E-state index contributed by atoms with van der Waals surface area (Å²) < 4.78 is 19.4. The first-order valence-corrected chi connectivity index (χ1v) is 5.71. The number of hydrogen-bond donors (Lipinski definition) is 2. The second-order valence-electron chi connectivity index (χ2n) is 3.18. The standard InChI is InChI=1S/C10H12O4S/c11-6-5-9(7-15(13)14)8-1-3-10(12)4-2-8/h1-4,6,9,12H,5,7H2,(H,13,14). The molecule has 0 aliphatic heterocycles.